The van der Waals surface area contributed by atoms with Gasteiger partial charge in [0.05, 0.1) is 17.1 Å². The molecule has 17 heavy (non-hydrogen) atoms. The summed E-state index contributed by atoms with van der Waals surface area (Å²) in [5, 5.41) is 5.14. The Kier molecular flexibility index (Phi) is 4.15. The summed E-state index contributed by atoms with van der Waals surface area (Å²) in [5.74, 6) is -0.193. The van der Waals surface area contributed by atoms with Crippen LogP contribution in [-0.4, -0.2) is 10.9 Å². The molecular formula is C11H8BrClN2OS. The summed E-state index contributed by atoms with van der Waals surface area (Å²) in [5.41, 5.74) is 0.442. The summed E-state index contributed by atoms with van der Waals surface area (Å²) < 4.78 is 1.02. The molecule has 2 rings (SSSR count). The van der Waals surface area contributed by atoms with E-state index in [1.54, 1.807) is 23.6 Å². The first-order valence-corrected chi connectivity index (χ1v) is 6.82. The number of carbonyl (C=O) groups excluding carboxylic acids is 1. The van der Waals surface area contributed by atoms with Gasteiger partial charge in [-0.3, -0.25) is 9.78 Å². The Labute approximate surface area is 116 Å². The number of pyridine rings is 1. The van der Waals surface area contributed by atoms with E-state index >= 15 is 0 Å². The maximum atomic E-state index is 11.8. The summed E-state index contributed by atoms with van der Waals surface area (Å²) >= 11 is 10.8. The second-order valence-electron chi connectivity index (χ2n) is 3.27. The molecule has 0 bridgehead atoms. The molecular weight excluding hydrogens is 324 g/mol. The van der Waals surface area contributed by atoms with Gasteiger partial charge in [-0.15, -0.1) is 11.3 Å². The molecule has 2 heterocycles. The predicted molar refractivity (Wildman–Crippen MR) is 72.4 cm³/mol. The number of amides is 1. The average molecular weight is 332 g/mol. The molecule has 0 saturated heterocycles. The standard InChI is InChI=1S/C11H8BrClN2OS/c12-7-3-8(17-6-7)4-15-11(16)9-1-2-14-5-10(9)13/h1-3,5-6H,4H2,(H,15,16). The third kappa shape index (κ3) is 3.28. The van der Waals surface area contributed by atoms with Crippen LogP contribution in [-0.2, 0) is 6.54 Å². The third-order valence-corrected chi connectivity index (χ3v) is 4.06. The van der Waals surface area contributed by atoms with Crippen molar-refractivity contribution < 1.29 is 4.79 Å². The molecule has 0 fully saturated rings. The Morgan fingerprint density at radius 3 is 3.06 bits per heavy atom. The molecule has 3 nitrogen and oxygen atoms in total. The number of nitrogens with zero attached hydrogens (tertiary/aromatic N) is 1. The first-order chi connectivity index (χ1) is 8.16. The van der Waals surface area contributed by atoms with Crippen LogP contribution in [0.5, 0.6) is 0 Å². The molecule has 2 aromatic rings. The fourth-order valence-corrected chi connectivity index (χ4v) is 2.86. The highest BCUT2D eigenvalue weighted by molar-refractivity contribution is 9.10. The van der Waals surface area contributed by atoms with Crippen LogP contribution in [0.3, 0.4) is 0 Å². The van der Waals surface area contributed by atoms with Gasteiger partial charge in [0.1, 0.15) is 0 Å². The van der Waals surface area contributed by atoms with E-state index in [-0.39, 0.29) is 5.91 Å². The lowest BCUT2D eigenvalue weighted by atomic mass is 10.2. The molecule has 0 unspecified atom stereocenters. The number of halogens is 2. The van der Waals surface area contributed by atoms with Crippen molar-refractivity contribution in [2.75, 3.05) is 0 Å². The molecule has 0 aliphatic carbocycles. The number of rotatable bonds is 3. The topological polar surface area (TPSA) is 42.0 Å². The Morgan fingerprint density at radius 1 is 1.59 bits per heavy atom. The van der Waals surface area contributed by atoms with E-state index in [0.29, 0.717) is 17.1 Å². The van der Waals surface area contributed by atoms with E-state index in [1.165, 1.54) is 6.20 Å². The van der Waals surface area contributed by atoms with Gasteiger partial charge in [-0.2, -0.15) is 0 Å². The average Bonchev–Trinajstić information content (AvgIpc) is 2.73. The van der Waals surface area contributed by atoms with Crippen molar-refractivity contribution in [3.63, 3.8) is 0 Å². The lowest BCUT2D eigenvalue weighted by Crippen LogP contribution is -2.22. The number of thiophene rings is 1. The molecule has 6 heteroatoms. The maximum Gasteiger partial charge on any atom is 0.253 e. The van der Waals surface area contributed by atoms with Crippen molar-refractivity contribution in [1.82, 2.24) is 10.3 Å². The van der Waals surface area contributed by atoms with Crippen molar-refractivity contribution in [3.05, 3.63) is 49.8 Å². The fraction of sp³-hybridized carbons (Fsp3) is 0.0909. The number of carbonyl (C=O) groups is 1. The summed E-state index contributed by atoms with van der Waals surface area (Å²) in [6.07, 6.45) is 3.00. The van der Waals surface area contributed by atoms with Crippen LogP contribution in [0.2, 0.25) is 5.02 Å². The van der Waals surface area contributed by atoms with Crippen LogP contribution >= 0.6 is 38.9 Å². The Morgan fingerprint density at radius 2 is 2.41 bits per heavy atom. The lowest BCUT2D eigenvalue weighted by molar-refractivity contribution is 0.0951. The van der Waals surface area contributed by atoms with E-state index in [1.807, 2.05) is 11.4 Å². The SMILES string of the molecule is O=C(NCc1cc(Br)cs1)c1ccncc1Cl. The van der Waals surface area contributed by atoms with Gasteiger partial charge in [0, 0.05) is 27.1 Å². The zero-order chi connectivity index (χ0) is 12.3. The molecule has 2 aromatic heterocycles. The largest absolute Gasteiger partial charge is 0.347 e. The minimum atomic E-state index is -0.193. The number of nitrogens with one attached hydrogen (secondary N) is 1. The van der Waals surface area contributed by atoms with Crippen molar-refractivity contribution in [3.8, 4) is 0 Å². The van der Waals surface area contributed by atoms with Crippen LogP contribution in [0.4, 0.5) is 0 Å². The van der Waals surface area contributed by atoms with Crippen LogP contribution in [0.25, 0.3) is 0 Å². The smallest absolute Gasteiger partial charge is 0.253 e. The maximum absolute atomic E-state index is 11.8. The second-order valence-corrected chi connectivity index (χ2v) is 5.59. The first-order valence-electron chi connectivity index (χ1n) is 4.77. The van der Waals surface area contributed by atoms with Crippen molar-refractivity contribution in [2.24, 2.45) is 0 Å². The summed E-state index contributed by atoms with van der Waals surface area (Å²) in [6, 6.07) is 3.57. The molecule has 0 spiro atoms. The lowest BCUT2D eigenvalue weighted by Gasteiger charge is -2.04. The van der Waals surface area contributed by atoms with Crippen molar-refractivity contribution >= 4 is 44.8 Å². The molecule has 0 aromatic carbocycles. The van der Waals surface area contributed by atoms with Gasteiger partial charge in [0.15, 0.2) is 0 Å². The molecule has 0 aliphatic heterocycles. The van der Waals surface area contributed by atoms with Crippen molar-refractivity contribution in [2.45, 2.75) is 6.54 Å². The molecule has 0 radical (unpaired) electrons. The third-order valence-electron chi connectivity index (χ3n) is 2.06. The minimum Gasteiger partial charge on any atom is -0.347 e. The molecule has 88 valence electrons. The van der Waals surface area contributed by atoms with Gasteiger partial charge in [0.2, 0.25) is 0 Å². The Balaban J connectivity index is 2.01. The Hall–Kier alpha value is -0.910. The summed E-state index contributed by atoms with van der Waals surface area (Å²) in [4.78, 5) is 16.7. The van der Waals surface area contributed by atoms with Gasteiger partial charge < -0.3 is 5.32 Å². The fourth-order valence-electron chi connectivity index (χ4n) is 1.27. The second kappa shape index (κ2) is 5.62. The highest BCUT2D eigenvalue weighted by Crippen LogP contribution is 2.20. The van der Waals surface area contributed by atoms with Gasteiger partial charge in [-0.05, 0) is 28.1 Å². The van der Waals surface area contributed by atoms with Gasteiger partial charge >= 0.3 is 0 Å². The van der Waals surface area contributed by atoms with Crippen LogP contribution in [0.15, 0.2) is 34.4 Å². The van der Waals surface area contributed by atoms with Crippen LogP contribution in [0.1, 0.15) is 15.2 Å². The quantitative estimate of drug-likeness (QED) is 0.935. The normalized spacial score (nSPS) is 10.2. The van der Waals surface area contributed by atoms with E-state index in [4.69, 9.17) is 11.6 Å². The van der Waals surface area contributed by atoms with E-state index in [9.17, 15) is 4.79 Å². The minimum absolute atomic E-state index is 0.193. The monoisotopic (exact) mass is 330 g/mol. The van der Waals surface area contributed by atoms with E-state index < -0.39 is 0 Å². The molecule has 1 amide bonds. The Bertz CT molecular complexity index is 544. The molecule has 0 saturated carbocycles. The number of hydrogen-bond acceptors (Lipinski definition) is 3. The van der Waals surface area contributed by atoms with Gasteiger partial charge in [-0.1, -0.05) is 11.6 Å². The van der Waals surface area contributed by atoms with Crippen molar-refractivity contribution in [1.29, 1.82) is 0 Å². The van der Waals surface area contributed by atoms with E-state index in [0.717, 1.165) is 9.35 Å². The van der Waals surface area contributed by atoms with Crippen LogP contribution in [0, 0.1) is 0 Å². The predicted octanol–water partition coefficient (Wildman–Crippen LogP) is 3.49. The highest BCUT2D eigenvalue weighted by atomic mass is 79.9. The molecule has 0 atom stereocenters. The van der Waals surface area contributed by atoms with Gasteiger partial charge in [0.25, 0.3) is 5.91 Å². The zero-order valence-electron chi connectivity index (χ0n) is 8.61. The number of hydrogen-bond donors (Lipinski definition) is 1. The summed E-state index contributed by atoms with van der Waals surface area (Å²) in [7, 11) is 0. The first kappa shape index (κ1) is 12.5. The zero-order valence-corrected chi connectivity index (χ0v) is 11.8. The van der Waals surface area contributed by atoms with Crippen LogP contribution < -0.4 is 5.32 Å². The van der Waals surface area contributed by atoms with E-state index in [2.05, 4.69) is 26.2 Å². The molecule has 0 aliphatic rings. The molecule has 1 N–H and O–H groups in total. The number of aromatic nitrogens is 1. The summed E-state index contributed by atoms with van der Waals surface area (Å²) in [6.45, 7) is 0.494. The highest BCUT2D eigenvalue weighted by Gasteiger charge is 2.09. The van der Waals surface area contributed by atoms with Gasteiger partial charge in [-0.25, -0.2) is 0 Å².